The Bertz CT molecular complexity index is 870. The first-order valence-corrected chi connectivity index (χ1v) is 7.65. The van der Waals surface area contributed by atoms with Gasteiger partial charge in [0, 0.05) is 11.3 Å². The van der Waals surface area contributed by atoms with Crippen LogP contribution < -0.4 is 9.64 Å². The molecule has 0 bridgehead atoms. The minimum atomic E-state index is -0.814. The third-order valence-corrected chi connectivity index (χ3v) is 4.15. The van der Waals surface area contributed by atoms with Gasteiger partial charge in [0.25, 0.3) is 5.91 Å². The van der Waals surface area contributed by atoms with Gasteiger partial charge in [-0.3, -0.25) is 14.5 Å². The minimum Gasteiger partial charge on any atom is -0.508 e. The number of benzene rings is 2. The third-order valence-electron chi connectivity index (χ3n) is 4.15. The number of amides is 1. The van der Waals surface area contributed by atoms with Crippen molar-refractivity contribution in [2.45, 2.75) is 13.0 Å². The van der Waals surface area contributed by atoms with E-state index in [1.54, 1.807) is 36.4 Å². The van der Waals surface area contributed by atoms with Crippen LogP contribution in [0.15, 0.2) is 59.9 Å². The number of phenolic OH excluding ortho intramolecular Hbond substituents is 1. The molecule has 0 radical (unpaired) electrons. The monoisotopic (exact) mass is 339 g/mol. The minimum absolute atomic E-state index is 0.0163. The molecule has 1 aliphatic rings. The average molecular weight is 339 g/mol. The van der Waals surface area contributed by atoms with Crippen LogP contribution in [0, 0.1) is 0 Å². The number of anilines is 1. The van der Waals surface area contributed by atoms with E-state index in [9.17, 15) is 19.8 Å². The Morgan fingerprint density at radius 1 is 1.08 bits per heavy atom. The molecule has 1 unspecified atom stereocenters. The second-order valence-corrected chi connectivity index (χ2v) is 5.65. The summed E-state index contributed by atoms with van der Waals surface area (Å²) in [6.45, 7) is 1.31. The molecule has 1 heterocycles. The quantitative estimate of drug-likeness (QED) is 0.894. The molecule has 3 rings (SSSR count). The Labute approximate surface area is 144 Å². The SMILES string of the molecule is COc1ccccc1C1C(C(C)=O)=C(O)C(=O)N1c1ccc(O)cc1. The molecule has 2 aromatic carbocycles. The van der Waals surface area contributed by atoms with Crippen molar-refractivity contribution in [3.8, 4) is 11.5 Å². The number of phenols is 1. The van der Waals surface area contributed by atoms with Gasteiger partial charge >= 0.3 is 0 Å². The number of carbonyl (C=O) groups is 2. The lowest BCUT2D eigenvalue weighted by molar-refractivity contribution is -0.117. The highest BCUT2D eigenvalue weighted by Gasteiger charge is 2.44. The molecule has 0 saturated heterocycles. The van der Waals surface area contributed by atoms with Crippen LogP contribution in [0.1, 0.15) is 18.5 Å². The van der Waals surface area contributed by atoms with E-state index < -0.39 is 23.5 Å². The maximum absolute atomic E-state index is 12.7. The topological polar surface area (TPSA) is 87.1 Å². The lowest BCUT2D eigenvalue weighted by Gasteiger charge is -2.27. The summed E-state index contributed by atoms with van der Waals surface area (Å²) in [5.74, 6) is -1.10. The number of hydrogen-bond donors (Lipinski definition) is 2. The molecular weight excluding hydrogens is 322 g/mol. The lowest BCUT2D eigenvalue weighted by atomic mass is 9.95. The fraction of sp³-hybridized carbons (Fsp3) is 0.158. The molecule has 6 heteroatoms. The summed E-state index contributed by atoms with van der Waals surface area (Å²) in [4.78, 5) is 26.1. The Hall–Kier alpha value is -3.28. The van der Waals surface area contributed by atoms with Gasteiger partial charge < -0.3 is 14.9 Å². The molecule has 0 fully saturated rings. The first-order valence-electron chi connectivity index (χ1n) is 7.65. The normalized spacial score (nSPS) is 17.1. The predicted octanol–water partition coefficient (Wildman–Crippen LogP) is 2.89. The average Bonchev–Trinajstić information content (AvgIpc) is 2.87. The number of Topliss-reactive ketones (excluding diaryl/α,β-unsaturated/α-hetero) is 1. The molecule has 2 aromatic rings. The fourth-order valence-electron chi connectivity index (χ4n) is 3.03. The zero-order chi connectivity index (χ0) is 18.1. The fourth-order valence-corrected chi connectivity index (χ4v) is 3.03. The summed E-state index contributed by atoms with van der Waals surface area (Å²) in [6, 6.07) is 12.2. The van der Waals surface area contributed by atoms with E-state index in [4.69, 9.17) is 4.74 Å². The number of aliphatic hydroxyl groups is 1. The van der Waals surface area contributed by atoms with Gasteiger partial charge in [-0.1, -0.05) is 18.2 Å². The molecule has 0 aromatic heterocycles. The third kappa shape index (κ3) is 2.71. The van der Waals surface area contributed by atoms with Gasteiger partial charge in [0.05, 0.1) is 18.7 Å². The van der Waals surface area contributed by atoms with Gasteiger partial charge in [0.2, 0.25) is 0 Å². The van der Waals surface area contributed by atoms with Crippen molar-refractivity contribution in [3.05, 3.63) is 65.4 Å². The van der Waals surface area contributed by atoms with Crippen molar-refractivity contribution in [2.24, 2.45) is 0 Å². The molecule has 6 nitrogen and oxygen atoms in total. The standard InChI is InChI=1S/C19H17NO5/c1-11(21)16-17(14-5-3-4-6-15(14)25-2)20(19(24)18(16)23)12-7-9-13(22)10-8-12/h3-10,17,22-23H,1-2H3. The van der Waals surface area contributed by atoms with Gasteiger partial charge in [-0.25, -0.2) is 0 Å². The maximum Gasteiger partial charge on any atom is 0.294 e. The highest BCUT2D eigenvalue weighted by Crippen LogP contribution is 2.43. The highest BCUT2D eigenvalue weighted by molar-refractivity contribution is 6.16. The molecule has 25 heavy (non-hydrogen) atoms. The van der Waals surface area contributed by atoms with E-state index in [1.807, 2.05) is 0 Å². The second kappa shape index (κ2) is 6.32. The molecule has 0 aliphatic carbocycles. The molecular formula is C19H17NO5. The Morgan fingerprint density at radius 2 is 1.72 bits per heavy atom. The van der Waals surface area contributed by atoms with E-state index in [2.05, 4.69) is 0 Å². The van der Waals surface area contributed by atoms with Gasteiger partial charge in [0.15, 0.2) is 11.5 Å². The zero-order valence-electron chi connectivity index (χ0n) is 13.8. The number of aromatic hydroxyl groups is 1. The van der Waals surface area contributed by atoms with Crippen LogP contribution in [0.2, 0.25) is 0 Å². The first kappa shape index (κ1) is 16.6. The van der Waals surface area contributed by atoms with Crippen LogP contribution in [0.25, 0.3) is 0 Å². The summed E-state index contributed by atoms with van der Waals surface area (Å²) in [7, 11) is 1.50. The van der Waals surface area contributed by atoms with E-state index in [-0.39, 0.29) is 11.3 Å². The number of ether oxygens (including phenoxy) is 1. The van der Waals surface area contributed by atoms with Crippen molar-refractivity contribution < 1.29 is 24.5 Å². The Kier molecular flexibility index (Phi) is 4.19. The van der Waals surface area contributed by atoms with Crippen molar-refractivity contribution >= 4 is 17.4 Å². The number of rotatable bonds is 4. The van der Waals surface area contributed by atoms with Gasteiger partial charge in [-0.05, 0) is 37.3 Å². The largest absolute Gasteiger partial charge is 0.508 e. The summed E-state index contributed by atoms with van der Waals surface area (Å²) in [6.07, 6.45) is 0. The molecule has 0 saturated carbocycles. The van der Waals surface area contributed by atoms with E-state index in [0.717, 1.165) is 0 Å². The van der Waals surface area contributed by atoms with E-state index in [1.165, 1.54) is 31.1 Å². The van der Waals surface area contributed by atoms with Crippen molar-refractivity contribution in [1.82, 2.24) is 0 Å². The number of nitrogens with zero attached hydrogens (tertiary/aromatic N) is 1. The Balaban J connectivity index is 2.22. The summed E-state index contributed by atoms with van der Waals surface area (Å²) in [5.41, 5.74) is 1.05. The zero-order valence-corrected chi connectivity index (χ0v) is 13.8. The molecule has 1 aliphatic heterocycles. The molecule has 128 valence electrons. The number of para-hydroxylation sites is 1. The first-order chi connectivity index (χ1) is 12.0. The molecule has 1 atom stereocenters. The van der Waals surface area contributed by atoms with Crippen molar-refractivity contribution in [2.75, 3.05) is 12.0 Å². The maximum atomic E-state index is 12.7. The number of ketones is 1. The number of carbonyl (C=O) groups excluding carboxylic acids is 2. The molecule has 2 N–H and O–H groups in total. The van der Waals surface area contributed by atoms with Crippen LogP contribution >= 0.6 is 0 Å². The van der Waals surface area contributed by atoms with Gasteiger partial charge in [-0.15, -0.1) is 0 Å². The van der Waals surface area contributed by atoms with E-state index in [0.29, 0.717) is 17.0 Å². The van der Waals surface area contributed by atoms with Crippen LogP contribution in [-0.4, -0.2) is 29.0 Å². The van der Waals surface area contributed by atoms with Crippen molar-refractivity contribution in [3.63, 3.8) is 0 Å². The Morgan fingerprint density at radius 3 is 2.32 bits per heavy atom. The van der Waals surface area contributed by atoms with Crippen LogP contribution in [0.5, 0.6) is 11.5 Å². The van der Waals surface area contributed by atoms with Crippen LogP contribution in [-0.2, 0) is 9.59 Å². The summed E-state index contributed by atoms with van der Waals surface area (Å²) >= 11 is 0. The van der Waals surface area contributed by atoms with Gasteiger partial charge in [-0.2, -0.15) is 0 Å². The summed E-state index contributed by atoms with van der Waals surface area (Å²) in [5, 5.41) is 19.8. The molecule has 1 amide bonds. The van der Waals surface area contributed by atoms with Crippen LogP contribution in [0.4, 0.5) is 5.69 Å². The second-order valence-electron chi connectivity index (χ2n) is 5.65. The van der Waals surface area contributed by atoms with E-state index >= 15 is 0 Å². The van der Waals surface area contributed by atoms with Gasteiger partial charge in [0.1, 0.15) is 11.5 Å². The highest BCUT2D eigenvalue weighted by atomic mass is 16.5. The van der Waals surface area contributed by atoms with Crippen molar-refractivity contribution in [1.29, 1.82) is 0 Å². The number of aliphatic hydroxyl groups excluding tert-OH is 1. The molecule has 0 spiro atoms. The lowest BCUT2D eigenvalue weighted by Crippen LogP contribution is -2.31. The smallest absolute Gasteiger partial charge is 0.294 e. The van der Waals surface area contributed by atoms with Crippen LogP contribution in [0.3, 0.4) is 0 Å². The summed E-state index contributed by atoms with van der Waals surface area (Å²) < 4.78 is 5.37. The predicted molar refractivity (Wildman–Crippen MR) is 91.7 cm³/mol. The number of methoxy groups -OCH3 is 1. The number of hydrogen-bond acceptors (Lipinski definition) is 5.